The van der Waals surface area contributed by atoms with E-state index in [1.54, 1.807) is 0 Å². The molecular formula is C17H27N2O3+. The van der Waals surface area contributed by atoms with E-state index < -0.39 is 0 Å². The predicted octanol–water partition coefficient (Wildman–Crippen LogP) is 1.10. The van der Waals surface area contributed by atoms with Crippen molar-refractivity contribution in [1.29, 1.82) is 0 Å². The van der Waals surface area contributed by atoms with Crippen LogP contribution in [0.5, 0.6) is 0 Å². The summed E-state index contributed by atoms with van der Waals surface area (Å²) < 4.78 is 5.75. The van der Waals surface area contributed by atoms with Crippen LogP contribution in [0, 0.1) is 13.8 Å². The summed E-state index contributed by atoms with van der Waals surface area (Å²) in [6, 6.07) is -0.148. The summed E-state index contributed by atoms with van der Waals surface area (Å²) in [6.45, 7) is 12.9. The zero-order valence-corrected chi connectivity index (χ0v) is 14.4. The molecule has 1 aliphatic heterocycles. The zero-order valence-electron chi connectivity index (χ0n) is 14.4. The minimum atomic E-state index is -0.148. The summed E-state index contributed by atoms with van der Waals surface area (Å²) in [5.41, 5.74) is 2.78. The molecule has 0 amide bonds. The van der Waals surface area contributed by atoms with Gasteiger partial charge in [-0.25, -0.2) is 0 Å². The average Bonchev–Trinajstić information content (AvgIpc) is 2.71. The van der Waals surface area contributed by atoms with Gasteiger partial charge in [-0.1, -0.05) is 0 Å². The molecule has 0 bridgehead atoms. The van der Waals surface area contributed by atoms with Crippen LogP contribution in [0.2, 0.25) is 0 Å². The van der Waals surface area contributed by atoms with Crippen molar-refractivity contribution in [1.82, 2.24) is 4.98 Å². The Balaban J connectivity index is 2.24. The molecule has 0 aromatic carbocycles. The Kier molecular flexibility index (Phi) is 4.87. The molecule has 1 aliphatic rings. The van der Waals surface area contributed by atoms with Crippen molar-refractivity contribution in [2.75, 3.05) is 13.1 Å². The number of carbonyl (C=O) groups is 2. The van der Waals surface area contributed by atoms with Crippen molar-refractivity contribution >= 4 is 11.6 Å². The number of Topliss-reactive ketones (excluding diaryl/α,β-unsaturated/α-hetero) is 2. The van der Waals surface area contributed by atoms with Gasteiger partial charge in [0.15, 0.2) is 11.8 Å². The number of carbonyl (C=O) groups excluding carboxylic acids is 2. The van der Waals surface area contributed by atoms with E-state index in [2.05, 4.69) is 4.98 Å². The Hall–Kier alpha value is -1.46. The topological polar surface area (TPSA) is 63.6 Å². The molecule has 0 spiro atoms. The van der Waals surface area contributed by atoms with Gasteiger partial charge < -0.3 is 14.6 Å². The van der Waals surface area contributed by atoms with Gasteiger partial charge >= 0.3 is 0 Å². The number of hydrogen-bond donors (Lipinski definition) is 2. The first-order valence-corrected chi connectivity index (χ1v) is 7.96. The van der Waals surface area contributed by atoms with Crippen molar-refractivity contribution in [3.8, 4) is 0 Å². The van der Waals surface area contributed by atoms with E-state index in [1.807, 2.05) is 34.6 Å². The molecule has 122 valence electrons. The highest BCUT2D eigenvalue weighted by molar-refractivity contribution is 6.04. The van der Waals surface area contributed by atoms with Crippen LogP contribution in [-0.2, 0) is 4.74 Å². The van der Waals surface area contributed by atoms with Crippen LogP contribution in [0.1, 0.15) is 59.8 Å². The number of quaternary nitrogens is 1. The summed E-state index contributed by atoms with van der Waals surface area (Å²) in [5, 5.41) is 0. The lowest BCUT2D eigenvalue weighted by Gasteiger charge is -2.35. The number of aromatic amines is 1. The van der Waals surface area contributed by atoms with E-state index in [0.717, 1.165) is 24.3 Å². The van der Waals surface area contributed by atoms with E-state index in [-0.39, 0.29) is 29.8 Å². The van der Waals surface area contributed by atoms with Gasteiger partial charge in [-0.3, -0.25) is 9.59 Å². The van der Waals surface area contributed by atoms with Crippen LogP contribution < -0.4 is 4.90 Å². The fourth-order valence-electron chi connectivity index (χ4n) is 3.59. The van der Waals surface area contributed by atoms with Crippen LogP contribution in [0.3, 0.4) is 0 Å². The second kappa shape index (κ2) is 6.34. The molecule has 0 radical (unpaired) electrons. The van der Waals surface area contributed by atoms with Gasteiger partial charge in [-0.05, 0) is 47.1 Å². The first-order chi connectivity index (χ1) is 10.2. The third-order valence-electron chi connectivity index (χ3n) is 4.61. The number of hydrogen-bond acceptors (Lipinski definition) is 3. The smallest absolute Gasteiger partial charge is 0.235 e. The molecule has 1 unspecified atom stereocenters. The van der Waals surface area contributed by atoms with Gasteiger partial charge in [-0.2, -0.15) is 0 Å². The lowest BCUT2D eigenvalue weighted by molar-refractivity contribution is -0.928. The Morgan fingerprint density at radius 1 is 1.23 bits per heavy atom. The number of morpholine rings is 1. The van der Waals surface area contributed by atoms with Crippen LogP contribution in [-0.4, -0.2) is 47.9 Å². The molecule has 0 saturated carbocycles. The molecule has 1 aromatic heterocycles. The number of nitrogens with one attached hydrogen (secondary N) is 2. The quantitative estimate of drug-likeness (QED) is 0.819. The van der Waals surface area contributed by atoms with Crippen molar-refractivity contribution in [3.05, 3.63) is 22.5 Å². The molecule has 1 aromatic rings. The number of ether oxygens (including phenoxy) is 1. The van der Waals surface area contributed by atoms with E-state index in [9.17, 15) is 9.59 Å². The monoisotopic (exact) mass is 307 g/mol. The van der Waals surface area contributed by atoms with Gasteiger partial charge in [0, 0.05) is 11.3 Å². The second-order valence-electron chi connectivity index (χ2n) is 6.59. The lowest BCUT2D eigenvalue weighted by Crippen LogP contribution is -3.19. The molecule has 22 heavy (non-hydrogen) atoms. The maximum Gasteiger partial charge on any atom is 0.235 e. The number of H-pyrrole nitrogens is 1. The Morgan fingerprint density at radius 2 is 1.77 bits per heavy atom. The molecule has 2 N–H and O–H groups in total. The minimum Gasteiger partial charge on any atom is -0.364 e. The van der Waals surface area contributed by atoms with Gasteiger partial charge in [0.05, 0.1) is 5.69 Å². The first-order valence-electron chi connectivity index (χ1n) is 7.96. The fraction of sp³-hybridized carbons (Fsp3) is 0.647. The molecule has 2 rings (SSSR count). The number of rotatable bonds is 4. The minimum absolute atomic E-state index is 0.00100. The van der Waals surface area contributed by atoms with Gasteiger partial charge in [0.1, 0.15) is 25.3 Å². The molecular weight excluding hydrogens is 280 g/mol. The van der Waals surface area contributed by atoms with Crippen molar-refractivity contribution in [2.24, 2.45) is 0 Å². The molecule has 0 aliphatic carbocycles. The zero-order chi connectivity index (χ0) is 16.6. The summed E-state index contributed by atoms with van der Waals surface area (Å²) in [4.78, 5) is 29.0. The molecule has 1 saturated heterocycles. The Bertz CT molecular complexity index is 581. The summed E-state index contributed by atoms with van der Waals surface area (Å²) in [5.74, 6) is 0.0725. The largest absolute Gasteiger partial charge is 0.364 e. The van der Waals surface area contributed by atoms with Crippen molar-refractivity contribution in [3.63, 3.8) is 0 Å². The number of aryl methyl sites for hydroxylation is 1. The Morgan fingerprint density at radius 3 is 2.23 bits per heavy atom. The van der Waals surface area contributed by atoms with Crippen LogP contribution in [0.4, 0.5) is 0 Å². The van der Waals surface area contributed by atoms with Gasteiger partial charge in [0.2, 0.25) is 5.78 Å². The average molecular weight is 307 g/mol. The second-order valence-corrected chi connectivity index (χ2v) is 6.59. The highest BCUT2D eigenvalue weighted by Gasteiger charge is 2.35. The van der Waals surface area contributed by atoms with Crippen LogP contribution >= 0.6 is 0 Å². The lowest BCUT2D eigenvalue weighted by atomic mass is 10.0. The summed E-state index contributed by atoms with van der Waals surface area (Å²) in [6.07, 6.45) is 0.321. The molecule has 5 heteroatoms. The van der Waals surface area contributed by atoms with E-state index in [4.69, 9.17) is 4.74 Å². The molecule has 5 nitrogen and oxygen atoms in total. The summed E-state index contributed by atoms with van der Waals surface area (Å²) >= 11 is 0. The number of ketones is 2. The van der Waals surface area contributed by atoms with Gasteiger partial charge in [0.25, 0.3) is 0 Å². The van der Waals surface area contributed by atoms with Crippen molar-refractivity contribution < 1.29 is 19.2 Å². The Labute approximate surface area is 132 Å². The third kappa shape index (κ3) is 3.15. The molecule has 1 fully saturated rings. The van der Waals surface area contributed by atoms with Gasteiger partial charge in [-0.15, -0.1) is 0 Å². The van der Waals surface area contributed by atoms with E-state index in [0.29, 0.717) is 11.3 Å². The highest BCUT2D eigenvalue weighted by atomic mass is 16.5. The fourth-order valence-corrected chi connectivity index (χ4v) is 3.59. The third-order valence-corrected chi connectivity index (χ3v) is 4.61. The SMILES string of the molecule is CC(=O)c1c(C)[nH]c(C(=O)[C@@H](C)[NH+]2C[C@@H](C)O[C@@H](C)C2)c1C. The highest BCUT2D eigenvalue weighted by Crippen LogP contribution is 2.19. The van der Waals surface area contributed by atoms with E-state index >= 15 is 0 Å². The maximum absolute atomic E-state index is 12.9. The first kappa shape index (κ1) is 16.9. The summed E-state index contributed by atoms with van der Waals surface area (Å²) in [7, 11) is 0. The van der Waals surface area contributed by atoms with E-state index in [1.165, 1.54) is 11.8 Å². The van der Waals surface area contributed by atoms with Crippen LogP contribution in [0.25, 0.3) is 0 Å². The van der Waals surface area contributed by atoms with Crippen molar-refractivity contribution in [2.45, 2.75) is 59.8 Å². The predicted molar refractivity (Wildman–Crippen MR) is 84.8 cm³/mol. The van der Waals surface area contributed by atoms with Crippen LogP contribution in [0.15, 0.2) is 0 Å². The molecule has 2 heterocycles. The molecule has 4 atom stereocenters. The standard InChI is InChI=1S/C17H26N2O3/c1-9-7-19(8-10(2)22-9)13(5)17(21)16-11(3)15(14(6)20)12(4)18-16/h9-10,13,18H,7-8H2,1-6H3/p+1/t9-,10+,13-/m1/s1. The number of aromatic nitrogens is 1. The normalized spacial score (nSPS) is 26.7. The maximum atomic E-state index is 12.9.